The molecule has 0 spiro atoms. The van der Waals surface area contributed by atoms with Gasteiger partial charge in [0.2, 0.25) is 5.95 Å². The van der Waals surface area contributed by atoms with Gasteiger partial charge in [-0.2, -0.15) is 4.98 Å². The highest BCUT2D eigenvalue weighted by Gasteiger charge is 2.13. The summed E-state index contributed by atoms with van der Waals surface area (Å²) in [5.74, 6) is 1.38. The fraction of sp³-hybridized carbons (Fsp3) is 0.238. The highest BCUT2D eigenvalue weighted by molar-refractivity contribution is 5.66. The summed E-state index contributed by atoms with van der Waals surface area (Å²) in [6, 6.07) is 20.3. The Balaban J connectivity index is 2.00. The number of hydrogen-bond acceptors (Lipinski definition) is 4. The Morgan fingerprint density at radius 1 is 0.840 bits per heavy atom. The van der Waals surface area contributed by atoms with Crippen LogP contribution in [0.2, 0.25) is 0 Å². The second kappa shape index (κ2) is 6.93. The third kappa shape index (κ3) is 4.80. The molecule has 4 nitrogen and oxygen atoms in total. The summed E-state index contributed by atoms with van der Waals surface area (Å²) in [5.41, 5.74) is 4.04. The zero-order valence-corrected chi connectivity index (χ0v) is 15.2. The van der Waals surface area contributed by atoms with E-state index in [4.69, 9.17) is 4.98 Å². The molecule has 0 aliphatic carbocycles. The molecule has 3 aromatic rings. The van der Waals surface area contributed by atoms with E-state index in [1.807, 2.05) is 36.4 Å². The van der Waals surface area contributed by atoms with E-state index in [9.17, 15) is 0 Å². The lowest BCUT2D eigenvalue weighted by Crippen LogP contribution is -2.26. The summed E-state index contributed by atoms with van der Waals surface area (Å²) >= 11 is 0. The van der Waals surface area contributed by atoms with Crippen molar-refractivity contribution in [2.75, 3.05) is 10.6 Å². The maximum absolute atomic E-state index is 4.70. The van der Waals surface area contributed by atoms with Crippen LogP contribution in [-0.2, 0) is 0 Å². The van der Waals surface area contributed by atoms with Gasteiger partial charge in [-0.25, -0.2) is 4.98 Å². The van der Waals surface area contributed by atoms with Crippen LogP contribution in [0.25, 0.3) is 11.3 Å². The SMILES string of the molecule is Cc1cccc(Nc2nc(NC(C)(C)C)cc(-c3ccccc3)n2)c1. The molecular weight excluding hydrogens is 308 g/mol. The molecule has 0 saturated heterocycles. The molecule has 1 heterocycles. The number of nitrogens with one attached hydrogen (secondary N) is 2. The molecule has 0 aliphatic heterocycles. The molecule has 1 aromatic heterocycles. The first-order valence-electron chi connectivity index (χ1n) is 8.45. The van der Waals surface area contributed by atoms with E-state index in [1.54, 1.807) is 0 Å². The van der Waals surface area contributed by atoms with Crippen LogP contribution in [0.4, 0.5) is 17.5 Å². The van der Waals surface area contributed by atoms with Gasteiger partial charge in [0.1, 0.15) is 5.82 Å². The van der Waals surface area contributed by atoms with Crippen LogP contribution in [0.15, 0.2) is 60.7 Å². The number of nitrogens with zero attached hydrogens (tertiary/aromatic N) is 2. The van der Waals surface area contributed by atoms with Crippen LogP contribution in [-0.4, -0.2) is 15.5 Å². The second-order valence-electron chi connectivity index (χ2n) is 7.20. The molecule has 0 unspecified atom stereocenters. The van der Waals surface area contributed by atoms with Crippen LogP contribution in [0, 0.1) is 6.92 Å². The zero-order chi connectivity index (χ0) is 17.9. The summed E-state index contributed by atoms with van der Waals surface area (Å²) < 4.78 is 0. The smallest absolute Gasteiger partial charge is 0.229 e. The Bertz CT molecular complexity index is 851. The predicted molar refractivity (Wildman–Crippen MR) is 105 cm³/mol. The Labute approximate surface area is 149 Å². The second-order valence-corrected chi connectivity index (χ2v) is 7.20. The summed E-state index contributed by atoms with van der Waals surface area (Å²) in [6.07, 6.45) is 0. The summed E-state index contributed by atoms with van der Waals surface area (Å²) in [4.78, 5) is 9.33. The maximum atomic E-state index is 4.70. The average molecular weight is 332 g/mol. The van der Waals surface area contributed by atoms with Gasteiger partial charge in [-0.1, -0.05) is 42.5 Å². The molecule has 0 aliphatic rings. The van der Waals surface area contributed by atoms with E-state index in [-0.39, 0.29) is 5.54 Å². The third-order valence-corrected chi connectivity index (χ3v) is 3.57. The molecule has 3 rings (SSSR count). The lowest BCUT2D eigenvalue weighted by Gasteiger charge is -2.22. The molecule has 0 saturated carbocycles. The molecule has 0 radical (unpaired) electrons. The third-order valence-electron chi connectivity index (χ3n) is 3.57. The van der Waals surface area contributed by atoms with Crippen molar-refractivity contribution in [2.24, 2.45) is 0 Å². The first kappa shape index (κ1) is 17.0. The van der Waals surface area contributed by atoms with Crippen molar-refractivity contribution in [1.29, 1.82) is 0 Å². The first-order valence-corrected chi connectivity index (χ1v) is 8.45. The van der Waals surface area contributed by atoms with Gasteiger partial charge in [0.15, 0.2) is 0 Å². The van der Waals surface area contributed by atoms with Crippen molar-refractivity contribution >= 4 is 17.5 Å². The van der Waals surface area contributed by atoms with Gasteiger partial charge < -0.3 is 10.6 Å². The summed E-state index contributed by atoms with van der Waals surface area (Å²) in [5, 5.41) is 6.76. The van der Waals surface area contributed by atoms with E-state index >= 15 is 0 Å². The fourth-order valence-corrected chi connectivity index (χ4v) is 2.56. The van der Waals surface area contributed by atoms with Gasteiger partial charge in [0.05, 0.1) is 5.69 Å². The largest absolute Gasteiger partial charge is 0.365 e. The first-order chi connectivity index (χ1) is 11.9. The van der Waals surface area contributed by atoms with Crippen molar-refractivity contribution in [3.63, 3.8) is 0 Å². The van der Waals surface area contributed by atoms with E-state index in [1.165, 1.54) is 5.56 Å². The topological polar surface area (TPSA) is 49.8 Å². The maximum Gasteiger partial charge on any atom is 0.229 e. The lowest BCUT2D eigenvalue weighted by molar-refractivity contribution is 0.630. The van der Waals surface area contributed by atoms with Crippen LogP contribution >= 0.6 is 0 Å². The van der Waals surface area contributed by atoms with Gasteiger partial charge in [-0.15, -0.1) is 0 Å². The minimum absolute atomic E-state index is 0.0804. The van der Waals surface area contributed by atoms with Crippen molar-refractivity contribution in [1.82, 2.24) is 9.97 Å². The van der Waals surface area contributed by atoms with Gasteiger partial charge >= 0.3 is 0 Å². The predicted octanol–water partition coefficient (Wildman–Crippen LogP) is 5.41. The minimum Gasteiger partial charge on any atom is -0.365 e. The number of anilines is 3. The minimum atomic E-state index is -0.0804. The lowest BCUT2D eigenvalue weighted by atomic mass is 10.1. The summed E-state index contributed by atoms with van der Waals surface area (Å²) in [6.45, 7) is 8.42. The monoisotopic (exact) mass is 332 g/mol. The van der Waals surface area contributed by atoms with Crippen LogP contribution in [0.3, 0.4) is 0 Å². The molecular formula is C21H24N4. The van der Waals surface area contributed by atoms with Gasteiger partial charge in [0, 0.05) is 22.9 Å². The van der Waals surface area contributed by atoms with Crippen molar-refractivity contribution in [3.8, 4) is 11.3 Å². The molecule has 25 heavy (non-hydrogen) atoms. The molecule has 0 atom stereocenters. The molecule has 0 fully saturated rings. The highest BCUT2D eigenvalue weighted by Crippen LogP contribution is 2.24. The van der Waals surface area contributed by atoms with Crippen molar-refractivity contribution in [2.45, 2.75) is 33.2 Å². The van der Waals surface area contributed by atoms with Gasteiger partial charge in [-0.05, 0) is 45.4 Å². The van der Waals surface area contributed by atoms with Crippen molar-refractivity contribution in [3.05, 3.63) is 66.2 Å². The number of hydrogen-bond donors (Lipinski definition) is 2. The van der Waals surface area contributed by atoms with Gasteiger partial charge in [-0.3, -0.25) is 0 Å². The zero-order valence-electron chi connectivity index (χ0n) is 15.2. The number of aryl methyl sites for hydroxylation is 1. The molecule has 2 aromatic carbocycles. The van der Waals surface area contributed by atoms with Crippen molar-refractivity contribution < 1.29 is 0 Å². The Morgan fingerprint density at radius 2 is 1.60 bits per heavy atom. The Hall–Kier alpha value is -2.88. The molecule has 2 N–H and O–H groups in total. The standard InChI is InChI=1S/C21H24N4/c1-15-9-8-12-17(13-15)22-20-23-18(16-10-6-5-7-11-16)14-19(24-20)25-21(2,3)4/h5-14H,1-4H3,(H2,22,23,24,25). The molecule has 0 bridgehead atoms. The van der Waals surface area contributed by atoms with Gasteiger partial charge in [0.25, 0.3) is 0 Å². The molecule has 0 amide bonds. The number of aromatic nitrogens is 2. The van der Waals surface area contributed by atoms with Crippen LogP contribution in [0.1, 0.15) is 26.3 Å². The Kier molecular flexibility index (Phi) is 4.70. The average Bonchev–Trinajstić information content (AvgIpc) is 2.54. The normalized spacial score (nSPS) is 11.2. The quantitative estimate of drug-likeness (QED) is 0.671. The number of benzene rings is 2. The molecule has 128 valence electrons. The molecule has 4 heteroatoms. The Morgan fingerprint density at radius 3 is 2.28 bits per heavy atom. The van der Waals surface area contributed by atoms with E-state index < -0.39 is 0 Å². The van der Waals surface area contributed by atoms with Crippen LogP contribution < -0.4 is 10.6 Å². The van der Waals surface area contributed by atoms with Crippen LogP contribution in [0.5, 0.6) is 0 Å². The summed E-state index contributed by atoms with van der Waals surface area (Å²) in [7, 11) is 0. The highest BCUT2D eigenvalue weighted by atomic mass is 15.2. The number of rotatable bonds is 4. The van der Waals surface area contributed by atoms with E-state index in [0.29, 0.717) is 5.95 Å². The fourth-order valence-electron chi connectivity index (χ4n) is 2.56. The van der Waals surface area contributed by atoms with E-state index in [0.717, 1.165) is 22.8 Å². The van der Waals surface area contributed by atoms with E-state index in [2.05, 4.69) is 67.6 Å².